The van der Waals surface area contributed by atoms with Gasteiger partial charge in [0.05, 0.1) is 0 Å². The Morgan fingerprint density at radius 2 is 0.733 bits per heavy atom. The fraction of sp³-hybridized carbons (Fsp3) is 0.250. The van der Waals surface area contributed by atoms with Gasteiger partial charge >= 0.3 is 0 Å². The van der Waals surface area contributed by atoms with Crippen molar-refractivity contribution in [1.82, 2.24) is 0 Å². The standard InChI is InChI=1S/C40H43O3PS/c1-25-13-26(2)18-33(17-25)39(34-19-27(3)14-28(4)20-34)44(37-11-9-10-12-38(37)45(41,42)43)40(35-21-29(5)15-30(6)22-35)36-23-31(7)16-32(8)24-36/h9-24,39-40H,1-8H3,(H,41,42,43). The van der Waals surface area contributed by atoms with Gasteiger partial charge < -0.3 is 0 Å². The molecule has 5 rings (SSSR count). The van der Waals surface area contributed by atoms with E-state index in [2.05, 4.69) is 128 Å². The minimum Gasteiger partial charge on any atom is -0.282 e. The minimum absolute atomic E-state index is 0.0198. The molecule has 0 aliphatic rings. The van der Waals surface area contributed by atoms with E-state index in [9.17, 15) is 13.0 Å². The third kappa shape index (κ3) is 7.47. The predicted molar refractivity (Wildman–Crippen MR) is 190 cm³/mol. The van der Waals surface area contributed by atoms with Gasteiger partial charge in [-0.1, -0.05) is 136 Å². The van der Waals surface area contributed by atoms with E-state index in [1.165, 1.54) is 0 Å². The Bertz CT molecular complexity index is 1700. The van der Waals surface area contributed by atoms with Crippen LogP contribution in [0, 0.1) is 55.4 Å². The van der Waals surface area contributed by atoms with E-state index < -0.39 is 18.0 Å². The van der Waals surface area contributed by atoms with Crippen molar-refractivity contribution in [2.75, 3.05) is 0 Å². The van der Waals surface area contributed by atoms with E-state index in [1.807, 2.05) is 12.1 Å². The second-order valence-corrected chi connectivity index (χ2v) is 16.6. The van der Waals surface area contributed by atoms with Gasteiger partial charge in [-0.2, -0.15) is 8.42 Å². The third-order valence-corrected chi connectivity index (χ3v) is 12.5. The van der Waals surface area contributed by atoms with Crippen molar-refractivity contribution in [3.63, 3.8) is 0 Å². The van der Waals surface area contributed by atoms with Crippen molar-refractivity contribution in [3.05, 3.63) is 164 Å². The molecule has 5 aromatic carbocycles. The molecule has 0 amide bonds. The van der Waals surface area contributed by atoms with Gasteiger partial charge in [0.25, 0.3) is 10.1 Å². The molecule has 0 aromatic heterocycles. The van der Waals surface area contributed by atoms with Crippen LogP contribution in [-0.2, 0) is 10.1 Å². The predicted octanol–water partition coefficient (Wildman–Crippen LogP) is 10.1. The Labute approximate surface area is 270 Å². The van der Waals surface area contributed by atoms with E-state index in [0.717, 1.165) is 66.8 Å². The molecule has 45 heavy (non-hydrogen) atoms. The zero-order valence-corrected chi connectivity index (χ0v) is 29.2. The fourth-order valence-corrected chi connectivity index (χ4v) is 11.6. The van der Waals surface area contributed by atoms with Crippen LogP contribution in [0.3, 0.4) is 0 Å². The molecule has 5 aromatic rings. The van der Waals surface area contributed by atoms with E-state index >= 15 is 0 Å². The number of benzene rings is 5. The fourth-order valence-electron chi connectivity index (χ4n) is 7.01. The highest BCUT2D eigenvalue weighted by molar-refractivity contribution is 7.86. The molecule has 0 bridgehead atoms. The van der Waals surface area contributed by atoms with Crippen LogP contribution in [0.2, 0.25) is 0 Å². The highest BCUT2D eigenvalue weighted by Crippen LogP contribution is 2.66. The molecule has 0 atom stereocenters. The Morgan fingerprint density at radius 3 is 1.00 bits per heavy atom. The summed E-state index contributed by atoms with van der Waals surface area (Å²) in [5.41, 5.74) is 13.5. The first-order chi connectivity index (χ1) is 21.2. The lowest BCUT2D eigenvalue weighted by Gasteiger charge is -2.38. The average Bonchev–Trinajstić information content (AvgIpc) is 2.90. The molecule has 0 heterocycles. The van der Waals surface area contributed by atoms with Gasteiger partial charge in [-0.3, -0.25) is 4.55 Å². The van der Waals surface area contributed by atoms with Crippen LogP contribution in [0.25, 0.3) is 0 Å². The molecule has 0 spiro atoms. The first-order valence-corrected chi connectivity index (χ1v) is 18.3. The van der Waals surface area contributed by atoms with Gasteiger partial charge in [0.2, 0.25) is 0 Å². The number of hydrogen-bond donors (Lipinski definition) is 1. The van der Waals surface area contributed by atoms with E-state index in [4.69, 9.17) is 0 Å². The Kier molecular flexibility index (Phi) is 9.52. The van der Waals surface area contributed by atoms with Gasteiger partial charge in [-0.05, 0) is 96.9 Å². The van der Waals surface area contributed by atoms with Crippen LogP contribution in [0.4, 0.5) is 0 Å². The third-order valence-electron chi connectivity index (χ3n) is 8.22. The summed E-state index contributed by atoms with van der Waals surface area (Å²) in [7, 11) is -5.93. The zero-order chi connectivity index (χ0) is 32.6. The molecular weight excluding hydrogens is 591 g/mol. The lowest BCUT2D eigenvalue weighted by Crippen LogP contribution is -2.21. The molecular formula is C40H43O3PS. The van der Waals surface area contributed by atoms with E-state index in [0.29, 0.717) is 5.30 Å². The summed E-state index contributed by atoms with van der Waals surface area (Å²) in [5, 5.41) is 0.668. The summed E-state index contributed by atoms with van der Waals surface area (Å²) >= 11 is 0. The van der Waals surface area contributed by atoms with Crippen molar-refractivity contribution < 1.29 is 13.0 Å². The van der Waals surface area contributed by atoms with Crippen LogP contribution in [-0.4, -0.2) is 13.0 Å². The Balaban J connectivity index is 2.00. The Morgan fingerprint density at radius 1 is 0.467 bits per heavy atom. The molecule has 232 valence electrons. The van der Waals surface area contributed by atoms with Crippen molar-refractivity contribution >= 4 is 23.3 Å². The van der Waals surface area contributed by atoms with Gasteiger partial charge in [-0.25, -0.2) is 0 Å². The van der Waals surface area contributed by atoms with Crippen molar-refractivity contribution in [2.45, 2.75) is 71.6 Å². The lowest BCUT2D eigenvalue weighted by atomic mass is 9.97. The quantitative estimate of drug-likeness (QED) is 0.137. The molecule has 0 aliphatic carbocycles. The minimum atomic E-state index is -4.52. The van der Waals surface area contributed by atoms with Gasteiger partial charge in [0, 0.05) is 11.3 Å². The SMILES string of the molecule is Cc1cc(C)cc(C(c2cc(C)cc(C)c2)P(c2ccccc2S(=O)(=O)O)C(c2cc(C)cc(C)c2)c2cc(C)cc(C)c2)c1. The maximum absolute atomic E-state index is 13.1. The molecule has 0 aliphatic heterocycles. The summed E-state index contributed by atoms with van der Waals surface area (Å²) in [4.78, 5) is -0.0198. The molecule has 1 N–H and O–H groups in total. The van der Waals surface area contributed by atoms with Crippen molar-refractivity contribution in [3.8, 4) is 0 Å². The van der Waals surface area contributed by atoms with Crippen LogP contribution in [0.5, 0.6) is 0 Å². The normalized spacial score (nSPS) is 12.0. The maximum Gasteiger partial charge on any atom is 0.295 e. The van der Waals surface area contributed by atoms with Gasteiger partial charge in [0.15, 0.2) is 0 Å². The first kappa shape index (κ1) is 32.8. The number of aryl methyl sites for hydroxylation is 8. The van der Waals surface area contributed by atoms with E-state index in [1.54, 1.807) is 12.1 Å². The summed E-state index contributed by atoms with van der Waals surface area (Å²) in [6.07, 6.45) is 0. The molecule has 3 nitrogen and oxygen atoms in total. The van der Waals surface area contributed by atoms with Crippen LogP contribution in [0.15, 0.2) is 102 Å². The monoisotopic (exact) mass is 634 g/mol. The van der Waals surface area contributed by atoms with Crippen molar-refractivity contribution in [2.24, 2.45) is 0 Å². The Hall–Kier alpha value is -3.56. The second-order valence-electron chi connectivity index (χ2n) is 12.8. The van der Waals surface area contributed by atoms with E-state index in [-0.39, 0.29) is 16.2 Å². The summed E-state index contributed by atoms with van der Waals surface area (Å²) in [5.74, 6) is 0. The molecule has 0 saturated heterocycles. The molecule has 0 saturated carbocycles. The molecule has 0 radical (unpaired) electrons. The average molecular weight is 635 g/mol. The highest BCUT2D eigenvalue weighted by Gasteiger charge is 2.38. The highest BCUT2D eigenvalue weighted by atomic mass is 32.2. The molecule has 5 heteroatoms. The van der Waals surface area contributed by atoms with Gasteiger partial charge in [0.1, 0.15) is 4.90 Å². The van der Waals surface area contributed by atoms with Crippen molar-refractivity contribution in [1.29, 1.82) is 0 Å². The summed E-state index contributed by atoms with van der Waals surface area (Å²) in [6.45, 7) is 17.0. The molecule has 0 unspecified atom stereocenters. The van der Waals surface area contributed by atoms with Crippen LogP contribution in [0.1, 0.15) is 78.1 Å². The number of rotatable bonds is 8. The van der Waals surface area contributed by atoms with Crippen LogP contribution < -0.4 is 5.30 Å². The smallest absolute Gasteiger partial charge is 0.282 e. The lowest BCUT2D eigenvalue weighted by molar-refractivity contribution is 0.484. The van der Waals surface area contributed by atoms with Gasteiger partial charge in [-0.15, -0.1) is 0 Å². The van der Waals surface area contributed by atoms with Crippen LogP contribution >= 0.6 is 7.92 Å². The second kappa shape index (κ2) is 13.0. The summed E-state index contributed by atoms with van der Waals surface area (Å²) in [6, 6.07) is 33.8. The topological polar surface area (TPSA) is 54.4 Å². The zero-order valence-electron chi connectivity index (χ0n) is 27.5. The number of hydrogen-bond acceptors (Lipinski definition) is 2. The molecule has 0 fully saturated rings. The largest absolute Gasteiger partial charge is 0.295 e. The maximum atomic E-state index is 13.1. The first-order valence-electron chi connectivity index (χ1n) is 15.4. The summed E-state index contributed by atoms with van der Waals surface area (Å²) < 4.78 is 37.0.